The number of aromatic carboxylic acids is 1. The molecule has 0 bridgehead atoms. The van der Waals surface area contributed by atoms with Crippen LogP contribution in [0.1, 0.15) is 21.5 Å². The van der Waals surface area contributed by atoms with Crippen LogP contribution in [0.2, 0.25) is 5.02 Å². The fraction of sp³-hybridized carbons (Fsp3) is 0.0417. The first-order valence-electron chi connectivity index (χ1n) is 9.57. The quantitative estimate of drug-likeness (QED) is 0.470. The van der Waals surface area contributed by atoms with E-state index in [-0.39, 0.29) is 18.1 Å². The summed E-state index contributed by atoms with van der Waals surface area (Å²) in [4.78, 5) is 28.3. The van der Waals surface area contributed by atoms with E-state index in [1.807, 2.05) is 30.3 Å². The molecule has 0 saturated carbocycles. The number of rotatable bonds is 6. The highest BCUT2D eigenvalue weighted by molar-refractivity contribution is 8.18. The van der Waals surface area contributed by atoms with Gasteiger partial charge in [-0.2, -0.15) is 0 Å². The molecule has 0 aromatic heterocycles. The van der Waals surface area contributed by atoms with Crippen molar-refractivity contribution in [2.45, 2.75) is 6.61 Å². The van der Waals surface area contributed by atoms with Crippen LogP contribution in [0.25, 0.3) is 6.08 Å². The fourth-order valence-electron chi connectivity index (χ4n) is 2.91. The van der Waals surface area contributed by atoms with Gasteiger partial charge in [-0.3, -0.25) is 4.79 Å². The lowest BCUT2D eigenvalue weighted by molar-refractivity contribution is -0.115. The molecular weight excluding hydrogens is 448 g/mol. The van der Waals surface area contributed by atoms with Crippen LogP contribution in [-0.4, -0.2) is 22.2 Å². The number of para-hydroxylation sites is 1. The monoisotopic (exact) mass is 464 g/mol. The van der Waals surface area contributed by atoms with Crippen LogP contribution in [0.3, 0.4) is 0 Å². The Kier molecular flexibility index (Phi) is 6.58. The number of carboxylic acid groups (broad SMARTS) is 1. The minimum atomic E-state index is -0.980. The van der Waals surface area contributed by atoms with E-state index in [0.29, 0.717) is 26.4 Å². The number of hydrogen-bond donors (Lipinski definition) is 2. The zero-order chi connectivity index (χ0) is 22.5. The van der Waals surface area contributed by atoms with Crippen molar-refractivity contribution in [2.75, 3.05) is 0 Å². The number of carbonyl (C=O) groups excluding carboxylic acids is 1. The molecule has 32 heavy (non-hydrogen) atoms. The average molecular weight is 465 g/mol. The van der Waals surface area contributed by atoms with E-state index in [4.69, 9.17) is 21.4 Å². The van der Waals surface area contributed by atoms with Crippen LogP contribution in [0.4, 0.5) is 5.69 Å². The van der Waals surface area contributed by atoms with E-state index < -0.39 is 5.97 Å². The minimum absolute atomic E-state index is 0.211. The van der Waals surface area contributed by atoms with Gasteiger partial charge in [0.15, 0.2) is 5.17 Å². The molecule has 0 unspecified atom stereocenters. The van der Waals surface area contributed by atoms with Crippen molar-refractivity contribution >= 4 is 52.2 Å². The Balaban J connectivity index is 1.53. The average Bonchev–Trinajstić information content (AvgIpc) is 3.12. The molecule has 0 spiro atoms. The number of carboxylic acids is 1. The number of nitrogens with zero attached hydrogens (tertiary/aromatic N) is 1. The van der Waals surface area contributed by atoms with E-state index in [2.05, 4.69) is 10.3 Å². The molecule has 1 aliphatic heterocycles. The maximum Gasteiger partial charge on any atom is 0.335 e. The molecule has 1 aliphatic rings. The smallest absolute Gasteiger partial charge is 0.335 e. The van der Waals surface area contributed by atoms with Gasteiger partial charge < -0.3 is 15.2 Å². The second kappa shape index (κ2) is 9.72. The summed E-state index contributed by atoms with van der Waals surface area (Å²) in [6, 6.07) is 21.0. The lowest BCUT2D eigenvalue weighted by atomic mass is 10.1. The summed E-state index contributed by atoms with van der Waals surface area (Å²) < 4.78 is 5.92. The van der Waals surface area contributed by atoms with Crippen molar-refractivity contribution in [3.8, 4) is 5.75 Å². The van der Waals surface area contributed by atoms with Crippen molar-refractivity contribution in [1.82, 2.24) is 5.32 Å². The van der Waals surface area contributed by atoms with Gasteiger partial charge in [0.2, 0.25) is 0 Å². The van der Waals surface area contributed by atoms with Crippen molar-refractivity contribution in [3.63, 3.8) is 0 Å². The number of hydrogen-bond acceptors (Lipinski definition) is 5. The predicted octanol–water partition coefficient (Wildman–Crippen LogP) is 5.51. The van der Waals surface area contributed by atoms with Gasteiger partial charge in [-0.1, -0.05) is 41.9 Å². The SMILES string of the molecule is O=C1NC(=Nc2ccccc2)S/C1=C\c1cc(Cl)ccc1OCc1ccc(C(=O)O)cc1. The van der Waals surface area contributed by atoms with E-state index in [1.54, 1.807) is 36.4 Å². The standard InChI is InChI=1S/C24H17ClN2O4S/c25-18-10-11-20(31-14-15-6-8-16(9-7-15)23(29)30)17(12-18)13-21-22(28)27-24(32-21)26-19-4-2-1-3-5-19/h1-13H,14H2,(H,29,30)(H,26,27,28)/b21-13-. The van der Waals surface area contributed by atoms with Gasteiger partial charge in [-0.25, -0.2) is 9.79 Å². The Morgan fingerprint density at radius 1 is 1.09 bits per heavy atom. The molecule has 0 radical (unpaired) electrons. The molecule has 0 atom stereocenters. The number of aliphatic imine (C=N–C) groups is 1. The van der Waals surface area contributed by atoms with Crippen LogP contribution in [0.5, 0.6) is 5.75 Å². The van der Waals surface area contributed by atoms with E-state index in [1.165, 1.54) is 23.9 Å². The summed E-state index contributed by atoms with van der Waals surface area (Å²) in [6.45, 7) is 0.234. The number of nitrogens with one attached hydrogen (secondary N) is 1. The first kappa shape index (κ1) is 21.7. The van der Waals surface area contributed by atoms with Crippen molar-refractivity contribution in [2.24, 2.45) is 4.99 Å². The van der Waals surface area contributed by atoms with Crippen molar-refractivity contribution < 1.29 is 19.4 Å². The lowest BCUT2D eigenvalue weighted by Crippen LogP contribution is -2.19. The summed E-state index contributed by atoms with van der Waals surface area (Å²) in [7, 11) is 0. The Morgan fingerprint density at radius 2 is 1.84 bits per heavy atom. The van der Waals surface area contributed by atoms with Gasteiger partial charge >= 0.3 is 5.97 Å². The van der Waals surface area contributed by atoms with Crippen LogP contribution in [0, 0.1) is 0 Å². The molecule has 3 aromatic carbocycles. The number of amidine groups is 1. The largest absolute Gasteiger partial charge is 0.488 e. The molecule has 3 aromatic rings. The van der Waals surface area contributed by atoms with Crippen LogP contribution in [0.15, 0.2) is 82.7 Å². The summed E-state index contributed by atoms with van der Waals surface area (Å²) in [5, 5.41) is 12.8. The summed E-state index contributed by atoms with van der Waals surface area (Å²) in [5.41, 5.74) is 2.42. The number of ether oxygens (including phenoxy) is 1. The van der Waals surface area contributed by atoms with Crippen molar-refractivity contribution in [1.29, 1.82) is 0 Å². The van der Waals surface area contributed by atoms with Gasteiger partial charge in [0.05, 0.1) is 16.2 Å². The Morgan fingerprint density at radius 3 is 2.56 bits per heavy atom. The lowest BCUT2D eigenvalue weighted by Gasteiger charge is -2.10. The van der Waals surface area contributed by atoms with Crippen molar-refractivity contribution in [3.05, 3.63) is 99.4 Å². The molecule has 2 N–H and O–H groups in total. The first-order valence-corrected chi connectivity index (χ1v) is 10.8. The van der Waals surface area contributed by atoms with Gasteiger partial charge in [0.25, 0.3) is 5.91 Å². The van der Waals surface area contributed by atoms with Gasteiger partial charge in [0.1, 0.15) is 12.4 Å². The molecule has 160 valence electrons. The van der Waals surface area contributed by atoms with Gasteiger partial charge in [-0.15, -0.1) is 0 Å². The first-order chi connectivity index (χ1) is 15.5. The highest BCUT2D eigenvalue weighted by Crippen LogP contribution is 2.32. The normalized spacial score (nSPS) is 15.7. The third-order valence-electron chi connectivity index (χ3n) is 4.49. The topological polar surface area (TPSA) is 88.0 Å². The summed E-state index contributed by atoms with van der Waals surface area (Å²) in [5.74, 6) is -0.683. The predicted molar refractivity (Wildman–Crippen MR) is 126 cm³/mol. The number of benzene rings is 3. The second-order valence-electron chi connectivity index (χ2n) is 6.79. The number of thioether (sulfide) groups is 1. The Bertz CT molecular complexity index is 1220. The van der Waals surface area contributed by atoms with Gasteiger partial charge in [-0.05, 0) is 65.9 Å². The maximum absolute atomic E-state index is 12.4. The van der Waals surface area contributed by atoms with E-state index >= 15 is 0 Å². The van der Waals surface area contributed by atoms with E-state index in [9.17, 15) is 9.59 Å². The van der Waals surface area contributed by atoms with Crippen LogP contribution < -0.4 is 10.1 Å². The Hall–Kier alpha value is -3.55. The van der Waals surface area contributed by atoms with Crippen LogP contribution >= 0.6 is 23.4 Å². The maximum atomic E-state index is 12.4. The summed E-state index contributed by atoms with van der Waals surface area (Å²) >= 11 is 7.41. The highest BCUT2D eigenvalue weighted by atomic mass is 35.5. The molecule has 6 nitrogen and oxygen atoms in total. The minimum Gasteiger partial charge on any atom is -0.488 e. The van der Waals surface area contributed by atoms with Gasteiger partial charge in [0, 0.05) is 10.6 Å². The highest BCUT2D eigenvalue weighted by Gasteiger charge is 2.24. The molecule has 4 rings (SSSR count). The number of amides is 1. The zero-order valence-corrected chi connectivity index (χ0v) is 18.2. The van der Waals surface area contributed by atoms with E-state index in [0.717, 1.165) is 11.3 Å². The third-order valence-corrected chi connectivity index (χ3v) is 5.64. The third kappa shape index (κ3) is 5.38. The zero-order valence-electron chi connectivity index (χ0n) is 16.6. The number of halogens is 1. The number of carbonyl (C=O) groups is 2. The molecule has 8 heteroatoms. The summed E-state index contributed by atoms with van der Waals surface area (Å²) in [6.07, 6.45) is 1.71. The molecule has 1 heterocycles. The fourth-order valence-corrected chi connectivity index (χ4v) is 3.92. The van der Waals surface area contributed by atoms with Crippen LogP contribution in [-0.2, 0) is 11.4 Å². The second-order valence-corrected chi connectivity index (χ2v) is 8.26. The molecule has 1 saturated heterocycles. The molecule has 0 aliphatic carbocycles. The molecule has 1 fully saturated rings. The molecular formula is C24H17ClN2O4S. The molecule has 1 amide bonds. The Labute approximate surface area is 193 Å².